The predicted octanol–water partition coefficient (Wildman–Crippen LogP) is 2.26. The first-order valence-corrected chi connectivity index (χ1v) is 8.83. The molecule has 25 heavy (non-hydrogen) atoms. The molecule has 0 aliphatic carbocycles. The summed E-state index contributed by atoms with van der Waals surface area (Å²) in [4.78, 5) is 16.2. The van der Waals surface area contributed by atoms with E-state index >= 15 is 0 Å². The average Bonchev–Trinajstić information content (AvgIpc) is 3.21. The van der Waals surface area contributed by atoms with Crippen molar-refractivity contribution in [2.24, 2.45) is 0 Å². The Labute approximate surface area is 148 Å². The van der Waals surface area contributed by atoms with E-state index in [0.29, 0.717) is 35.8 Å². The van der Waals surface area contributed by atoms with Gasteiger partial charge in [0.1, 0.15) is 0 Å². The smallest absolute Gasteiger partial charge is 0.343 e. The van der Waals surface area contributed by atoms with Crippen molar-refractivity contribution in [3.05, 3.63) is 46.2 Å². The van der Waals surface area contributed by atoms with Gasteiger partial charge in [0.05, 0.1) is 5.75 Å². The zero-order chi connectivity index (χ0) is 17.6. The van der Waals surface area contributed by atoms with Gasteiger partial charge >= 0.3 is 5.69 Å². The first-order valence-electron chi connectivity index (χ1n) is 7.84. The third-order valence-corrected chi connectivity index (χ3v) is 4.59. The largest absolute Gasteiger partial charge is 0.385 e. The van der Waals surface area contributed by atoms with Crippen LogP contribution in [-0.2, 0) is 17.0 Å². The molecule has 0 aliphatic heterocycles. The number of hydrogen-bond donors (Lipinski definition) is 1. The van der Waals surface area contributed by atoms with E-state index in [1.54, 1.807) is 11.7 Å². The number of methoxy groups -OCH3 is 1. The third-order valence-electron chi connectivity index (χ3n) is 3.63. The van der Waals surface area contributed by atoms with Crippen molar-refractivity contribution < 1.29 is 9.26 Å². The van der Waals surface area contributed by atoms with E-state index in [2.05, 4.69) is 20.3 Å². The molecule has 0 amide bonds. The Balaban J connectivity index is 1.67. The van der Waals surface area contributed by atoms with Gasteiger partial charge in [-0.05, 0) is 18.9 Å². The molecule has 0 bridgehead atoms. The summed E-state index contributed by atoms with van der Waals surface area (Å²) in [6.07, 6.45) is 0.738. The van der Waals surface area contributed by atoms with Gasteiger partial charge in [-0.15, -0.1) is 5.10 Å². The van der Waals surface area contributed by atoms with Crippen LogP contribution in [0.15, 0.2) is 38.7 Å². The number of aryl methyl sites for hydroxylation is 1. The number of ether oxygens (including phenoxy) is 1. The maximum atomic E-state index is 11.8. The van der Waals surface area contributed by atoms with Crippen molar-refractivity contribution in [2.75, 3.05) is 13.7 Å². The molecule has 0 saturated carbocycles. The number of nitrogens with one attached hydrogen (secondary N) is 1. The van der Waals surface area contributed by atoms with Gasteiger partial charge in [-0.1, -0.05) is 41.2 Å². The van der Waals surface area contributed by atoms with E-state index in [9.17, 15) is 4.79 Å². The fourth-order valence-corrected chi connectivity index (χ4v) is 3.16. The first-order chi connectivity index (χ1) is 12.2. The molecule has 0 radical (unpaired) electrons. The molecule has 3 aromatic rings. The van der Waals surface area contributed by atoms with Crippen LogP contribution in [-0.4, -0.2) is 38.6 Å². The number of benzene rings is 1. The Hall–Kier alpha value is -2.39. The molecule has 2 aromatic heterocycles. The third kappa shape index (κ3) is 4.18. The molecule has 0 atom stereocenters. The molecule has 3 rings (SSSR count). The van der Waals surface area contributed by atoms with Crippen LogP contribution in [0.2, 0.25) is 0 Å². The zero-order valence-corrected chi connectivity index (χ0v) is 14.9. The minimum atomic E-state index is -0.232. The monoisotopic (exact) mass is 361 g/mol. The van der Waals surface area contributed by atoms with Crippen LogP contribution in [0.4, 0.5) is 0 Å². The number of H-pyrrole nitrogens is 1. The summed E-state index contributed by atoms with van der Waals surface area (Å²) < 4.78 is 11.9. The molecule has 9 heteroatoms. The quantitative estimate of drug-likeness (QED) is 0.485. The van der Waals surface area contributed by atoms with E-state index in [-0.39, 0.29) is 5.69 Å². The lowest BCUT2D eigenvalue weighted by molar-refractivity contribution is 0.189. The number of rotatable bonds is 8. The fraction of sp³-hybridized carbons (Fsp3) is 0.375. The normalized spacial score (nSPS) is 11.1. The summed E-state index contributed by atoms with van der Waals surface area (Å²) in [5.74, 6) is 1.49. The van der Waals surface area contributed by atoms with E-state index in [0.717, 1.165) is 17.5 Å². The van der Waals surface area contributed by atoms with Crippen LogP contribution in [0.5, 0.6) is 0 Å². The summed E-state index contributed by atoms with van der Waals surface area (Å²) in [6.45, 7) is 3.14. The number of aromatic nitrogens is 5. The molecule has 0 aliphatic rings. The highest BCUT2D eigenvalue weighted by Gasteiger charge is 2.14. The van der Waals surface area contributed by atoms with E-state index in [4.69, 9.17) is 9.26 Å². The number of thioether (sulfide) groups is 1. The molecular weight excluding hydrogens is 342 g/mol. The van der Waals surface area contributed by atoms with Gasteiger partial charge in [0.2, 0.25) is 11.7 Å². The van der Waals surface area contributed by atoms with Crippen LogP contribution in [0, 0.1) is 6.92 Å². The highest BCUT2D eigenvalue weighted by molar-refractivity contribution is 7.98. The summed E-state index contributed by atoms with van der Waals surface area (Å²) in [6, 6.07) is 7.87. The van der Waals surface area contributed by atoms with Gasteiger partial charge in [-0.25, -0.2) is 9.89 Å². The SMILES string of the molecule is COCCCn1c(SCc2nc(-c3ccccc3C)no2)n[nH]c1=O. The Bertz CT molecular complexity index is 886. The topological polar surface area (TPSA) is 98.8 Å². The lowest BCUT2D eigenvalue weighted by Crippen LogP contribution is -2.18. The number of nitrogens with zero attached hydrogens (tertiary/aromatic N) is 4. The zero-order valence-electron chi connectivity index (χ0n) is 14.1. The molecular formula is C16H19N5O3S. The van der Waals surface area contributed by atoms with Crippen molar-refractivity contribution in [1.82, 2.24) is 24.9 Å². The number of hydrogen-bond acceptors (Lipinski definition) is 7. The number of aromatic amines is 1. The van der Waals surface area contributed by atoms with Crippen molar-refractivity contribution in [3.63, 3.8) is 0 Å². The first kappa shape index (κ1) is 17.4. The average molecular weight is 361 g/mol. The fourth-order valence-electron chi connectivity index (χ4n) is 2.35. The van der Waals surface area contributed by atoms with Gasteiger partial charge < -0.3 is 9.26 Å². The Morgan fingerprint density at radius 3 is 3.00 bits per heavy atom. The molecule has 0 saturated heterocycles. The lowest BCUT2D eigenvalue weighted by Gasteiger charge is -2.03. The van der Waals surface area contributed by atoms with Crippen molar-refractivity contribution in [2.45, 2.75) is 30.8 Å². The predicted molar refractivity (Wildman–Crippen MR) is 93.4 cm³/mol. The van der Waals surface area contributed by atoms with Crippen LogP contribution in [0.25, 0.3) is 11.4 Å². The van der Waals surface area contributed by atoms with Crippen LogP contribution in [0.3, 0.4) is 0 Å². The Kier molecular flexibility index (Phi) is 5.67. The second kappa shape index (κ2) is 8.13. The molecule has 0 unspecified atom stereocenters. The van der Waals surface area contributed by atoms with Crippen molar-refractivity contribution in [1.29, 1.82) is 0 Å². The second-order valence-corrected chi connectivity index (χ2v) is 6.37. The second-order valence-electron chi connectivity index (χ2n) is 5.42. The van der Waals surface area contributed by atoms with E-state index in [1.165, 1.54) is 11.8 Å². The molecule has 132 valence electrons. The highest BCUT2D eigenvalue weighted by Crippen LogP contribution is 2.23. The molecule has 2 heterocycles. The Morgan fingerprint density at radius 2 is 2.20 bits per heavy atom. The maximum Gasteiger partial charge on any atom is 0.343 e. The molecule has 1 aromatic carbocycles. The summed E-state index contributed by atoms with van der Waals surface area (Å²) >= 11 is 1.38. The Morgan fingerprint density at radius 1 is 1.36 bits per heavy atom. The minimum Gasteiger partial charge on any atom is -0.385 e. The van der Waals surface area contributed by atoms with Gasteiger partial charge in [-0.3, -0.25) is 4.57 Å². The molecule has 0 fully saturated rings. The molecule has 1 N–H and O–H groups in total. The molecule has 8 nitrogen and oxygen atoms in total. The van der Waals surface area contributed by atoms with Crippen LogP contribution in [0.1, 0.15) is 17.9 Å². The lowest BCUT2D eigenvalue weighted by atomic mass is 10.1. The van der Waals surface area contributed by atoms with E-state index < -0.39 is 0 Å². The van der Waals surface area contributed by atoms with Gasteiger partial charge in [0.15, 0.2) is 5.16 Å². The summed E-state index contributed by atoms with van der Waals surface area (Å²) in [5.41, 5.74) is 1.80. The minimum absolute atomic E-state index is 0.232. The van der Waals surface area contributed by atoms with Crippen molar-refractivity contribution >= 4 is 11.8 Å². The van der Waals surface area contributed by atoms with Gasteiger partial charge in [0, 0.05) is 25.8 Å². The van der Waals surface area contributed by atoms with Crippen molar-refractivity contribution in [3.8, 4) is 11.4 Å². The van der Waals surface area contributed by atoms with E-state index in [1.807, 2.05) is 31.2 Å². The maximum absolute atomic E-state index is 11.8. The summed E-state index contributed by atoms with van der Waals surface area (Å²) in [7, 11) is 1.63. The standard InChI is InChI=1S/C16H19N5O3S/c1-11-6-3-4-7-12(11)14-17-13(24-20-14)10-25-16-19-18-15(22)21(16)8-5-9-23-2/h3-4,6-7H,5,8-10H2,1-2H3,(H,18,22). The highest BCUT2D eigenvalue weighted by atomic mass is 32.2. The summed E-state index contributed by atoms with van der Waals surface area (Å²) in [5, 5.41) is 11.1. The molecule has 0 spiro atoms. The van der Waals surface area contributed by atoms with Gasteiger partial charge in [0.25, 0.3) is 0 Å². The van der Waals surface area contributed by atoms with Gasteiger partial charge in [-0.2, -0.15) is 4.98 Å². The van der Waals surface area contributed by atoms with Crippen LogP contribution < -0.4 is 5.69 Å². The van der Waals surface area contributed by atoms with Crippen LogP contribution >= 0.6 is 11.8 Å².